The molecule has 4 aromatic carbocycles. The molecule has 1 aliphatic heterocycles. The quantitative estimate of drug-likeness (QED) is 0.0608. The molecule has 11 N–H and O–H groups in total. The molecule has 5 rings (SSSR count). The summed E-state index contributed by atoms with van der Waals surface area (Å²) >= 11 is 0. The van der Waals surface area contributed by atoms with Gasteiger partial charge in [-0.15, -0.1) is 0 Å². The van der Waals surface area contributed by atoms with Gasteiger partial charge in [-0.2, -0.15) is 13.2 Å². The summed E-state index contributed by atoms with van der Waals surface area (Å²) in [7, 11) is 0. The molecule has 0 bridgehead atoms. The van der Waals surface area contributed by atoms with E-state index < -0.39 is 65.7 Å². The number of hydrogen-bond donors (Lipinski definition) is 9. The van der Waals surface area contributed by atoms with Gasteiger partial charge in [0.05, 0.1) is 19.6 Å². The van der Waals surface area contributed by atoms with Crippen LogP contribution in [0.5, 0.6) is 0 Å². The third-order valence-electron chi connectivity index (χ3n) is 12.1. The minimum atomic E-state index is -5.08. The van der Waals surface area contributed by atoms with Gasteiger partial charge in [0, 0.05) is 19.6 Å². The first-order chi connectivity index (χ1) is 37.1. The Morgan fingerprint density at radius 3 is 1.23 bits per heavy atom. The number of carboxylic acids is 1. The molecule has 1 aliphatic rings. The number of rotatable bonds is 18. The van der Waals surface area contributed by atoms with E-state index in [1.807, 2.05) is 137 Å². The molecule has 0 spiro atoms. The second-order valence-electron chi connectivity index (χ2n) is 19.9. The largest absolute Gasteiger partial charge is 0.490 e. The van der Waals surface area contributed by atoms with Gasteiger partial charge in [0.15, 0.2) is 0 Å². The third kappa shape index (κ3) is 23.2. The number of amides is 6. The summed E-state index contributed by atoms with van der Waals surface area (Å²) < 4.78 is 31.7. The Morgan fingerprint density at radius 1 is 0.526 bits per heavy atom. The Hall–Kier alpha value is -7.24. The van der Waals surface area contributed by atoms with Crippen molar-refractivity contribution in [3.8, 4) is 22.3 Å². The topological polar surface area (TPSA) is 274 Å². The monoisotopic (exact) mass is 1090 g/mol. The van der Waals surface area contributed by atoms with Gasteiger partial charge in [0.2, 0.25) is 17.7 Å². The van der Waals surface area contributed by atoms with Crippen LogP contribution in [0.4, 0.5) is 13.2 Å². The summed E-state index contributed by atoms with van der Waals surface area (Å²) in [4.78, 5) is 94.0. The fraction of sp³-hybridized carbons (Fsp3) is 0.446. The van der Waals surface area contributed by atoms with Crippen molar-refractivity contribution in [2.75, 3.05) is 39.3 Å². The zero-order chi connectivity index (χ0) is 57.2. The average Bonchev–Trinajstić information content (AvgIpc) is 3.38. The SMILES string of the molecule is CC(C)C[C@@H]1NC(=O)CN(CCCCN)NC(=O)[C@H](CCCCN)NC(=O)CN(Cc2ccc(-c3ccccc3)cc2)NC(=O)[C@H](CC(C)C)NC(=O)CN(Cc2ccc(-c3ccccc3)cc2)NC1=O.O=C(O)C(F)(F)F. The smallest absolute Gasteiger partial charge is 0.475 e. The summed E-state index contributed by atoms with van der Waals surface area (Å²) in [5, 5.41) is 20.2. The van der Waals surface area contributed by atoms with E-state index in [0.717, 1.165) is 33.4 Å². The lowest BCUT2D eigenvalue weighted by Crippen LogP contribution is -2.58. The fourth-order valence-corrected chi connectivity index (χ4v) is 8.31. The second kappa shape index (κ2) is 32.5. The molecular weight excluding hydrogens is 1010 g/mol. The Morgan fingerprint density at radius 2 is 0.859 bits per heavy atom. The predicted octanol–water partition coefficient (Wildman–Crippen LogP) is 4.78. The maximum Gasteiger partial charge on any atom is 0.490 e. The molecule has 1 heterocycles. The molecule has 19 nitrogen and oxygen atoms in total. The van der Waals surface area contributed by atoms with Crippen molar-refractivity contribution < 1.29 is 51.8 Å². The Labute approximate surface area is 454 Å². The van der Waals surface area contributed by atoms with Crippen LogP contribution in [0.25, 0.3) is 22.3 Å². The van der Waals surface area contributed by atoms with E-state index in [2.05, 4.69) is 32.2 Å². The lowest BCUT2D eigenvalue weighted by molar-refractivity contribution is -0.192. The Balaban J connectivity index is 0.00000175. The number of aliphatic carboxylic acids is 1. The molecule has 3 atom stereocenters. The number of nitrogens with two attached hydrogens (primary N) is 2. The molecule has 0 unspecified atom stereocenters. The highest BCUT2D eigenvalue weighted by Crippen LogP contribution is 2.22. The van der Waals surface area contributed by atoms with E-state index in [4.69, 9.17) is 21.4 Å². The molecule has 4 aromatic rings. The fourth-order valence-electron chi connectivity index (χ4n) is 8.31. The highest BCUT2D eigenvalue weighted by atomic mass is 19.4. The Kier molecular flexibility index (Phi) is 26.4. The molecule has 0 aliphatic carbocycles. The number of unbranched alkanes of at least 4 members (excludes halogenated alkanes) is 2. The number of carbonyl (C=O) groups is 7. The lowest BCUT2D eigenvalue weighted by Gasteiger charge is -2.29. The Bertz CT molecular complexity index is 2520. The molecule has 0 saturated carbocycles. The van der Waals surface area contributed by atoms with Crippen LogP contribution in [0, 0.1) is 11.8 Å². The number of nitrogens with one attached hydrogen (secondary N) is 6. The van der Waals surface area contributed by atoms with E-state index >= 15 is 0 Å². The van der Waals surface area contributed by atoms with Crippen LogP contribution in [0.1, 0.15) is 83.8 Å². The van der Waals surface area contributed by atoms with Crippen LogP contribution in [0.3, 0.4) is 0 Å². The van der Waals surface area contributed by atoms with E-state index in [9.17, 15) is 41.9 Å². The zero-order valence-electron chi connectivity index (χ0n) is 44.8. The normalized spacial score (nSPS) is 18.3. The first kappa shape index (κ1) is 63.3. The van der Waals surface area contributed by atoms with Crippen LogP contribution < -0.4 is 43.7 Å². The van der Waals surface area contributed by atoms with E-state index in [0.29, 0.717) is 38.8 Å². The van der Waals surface area contributed by atoms with Gasteiger partial charge < -0.3 is 32.5 Å². The van der Waals surface area contributed by atoms with Crippen molar-refractivity contribution in [2.24, 2.45) is 23.3 Å². The van der Waals surface area contributed by atoms with Gasteiger partial charge >= 0.3 is 12.1 Å². The first-order valence-corrected chi connectivity index (χ1v) is 26.2. The minimum Gasteiger partial charge on any atom is -0.475 e. The molecule has 6 amide bonds. The van der Waals surface area contributed by atoms with Gasteiger partial charge in [0.1, 0.15) is 18.1 Å². The molecule has 0 aromatic heterocycles. The van der Waals surface area contributed by atoms with Crippen molar-refractivity contribution in [2.45, 2.75) is 110 Å². The molecule has 22 heteroatoms. The zero-order valence-corrected chi connectivity index (χ0v) is 44.8. The summed E-state index contributed by atoms with van der Waals surface area (Å²) in [6, 6.07) is 32.3. The summed E-state index contributed by atoms with van der Waals surface area (Å²) in [6.07, 6.45) is -2.02. The number of alkyl halides is 3. The molecule has 424 valence electrons. The van der Waals surface area contributed by atoms with Crippen LogP contribution in [0.15, 0.2) is 109 Å². The van der Waals surface area contributed by atoms with Crippen molar-refractivity contribution in [3.05, 3.63) is 120 Å². The standard InChI is InChI=1S/C54H75N11O6.C2HF3O2/c1-38(2)31-47-53(70)62-65(34-41-22-26-45(27-23-41)43-17-9-6-10-18-43)37-51(68)59-48(32-39(3)4)54(71)61-64(33-40-20-24-44(25-21-40)42-15-7-5-8-16-42)36-50(67)57-46(19-11-12-28-55)52(69)60-63(30-14-13-29-56)35-49(66)58-47;3-2(4,5)1(6)7/h5-10,15-18,20-27,38-39,46-48H,11-14,19,28-37,55-56H2,1-4H3,(H,57,67)(H,58,66)(H,59,68)(H,60,69)(H,61,71)(H,62,70);(H,6,7)/t46-,47-,48-;/m0./s1. The van der Waals surface area contributed by atoms with E-state index in [-0.39, 0.29) is 70.4 Å². The predicted molar refractivity (Wildman–Crippen MR) is 290 cm³/mol. The first-order valence-electron chi connectivity index (χ1n) is 26.2. The van der Waals surface area contributed by atoms with Crippen molar-refractivity contribution in [3.63, 3.8) is 0 Å². The summed E-state index contributed by atoms with van der Waals surface area (Å²) in [5.74, 6) is -6.07. The van der Waals surface area contributed by atoms with Crippen molar-refractivity contribution in [1.82, 2.24) is 47.3 Å². The molecule has 1 fully saturated rings. The van der Waals surface area contributed by atoms with Gasteiger partial charge in [-0.05, 0) is 103 Å². The highest BCUT2D eigenvalue weighted by Gasteiger charge is 2.38. The van der Waals surface area contributed by atoms with Gasteiger partial charge in [0.25, 0.3) is 17.7 Å². The second-order valence-corrected chi connectivity index (χ2v) is 19.9. The maximum atomic E-state index is 14.4. The number of benzene rings is 4. The average molecular weight is 1090 g/mol. The number of carbonyl (C=O) groups excluding carboxylic acids is 6. The van der Waals surface area contributed by atoms with Crippen LogP contribution in [-0.2, 0) is 46.7 Å². The lowest BCUT2D eigenvalue weighted by atomic mass is 10.0. The highest BCUT2D eigenvalue weighted by molar-refractivity contribution is 5.91. The molecular formula is C56H76F3N11O8. The summed E-state index contributed by atoms with van der Waals surface area (Å²) in [6.45, 7) is 7.98. The minimum absolute atomic E-state index is 0.0235. The number of hydrogen-bond acceptors (Lipinski definition) is 12. The molecule has 0 radical (unpaired) electrons. The number of hydrazine groups is 3. The molecule has 1 saturated heterocycles. The summed E-state index contributed by atoms with van der Waals surface area (Å²) in [5.41, 5.74) is 26.0. The van der Waals surface area contributed by atoms with Gasteiger partial charge in [-0.1, -0.05) is 137 Å². The maximum absolute atomic E-state index is 14.4. The van der Waals surface area contributed by atoms with Gasteiger partial charge in [-0.3, -0.25) is 45.0 Å². The van der Waals surface area contributed by atoms with E-state index in [1.54, 1.807) is 0 Å². The number of nitrogens with zero attached hydrogens (tertiary/aromatic N) is 3. The number of carboxylic acid groups (broad SMARTS) is 1. The van der Waals surface area contributed by atoms with Crippen LogP contribution in [-0.4, -0.2) is 125 Å². The van der Waals surface area contributed by atoms with Crippen LogP contribution in [0.2, 0.25) is 0 Å². The number of halogens is 3. The van der Waals surface area contributed by atoms with Crippen molar-refractivity contribution in [1.29, 1.82) is 0 Å². The van der Waals surface area contributed by atoms with E-state index in [1.165, 1.54) is 15.0 Å². The third-order valence-corrected chi connectivity index (χ3v) is 12.1. The van der Waals surface area contributed by atoms with Crippen LogP contribution >= 0.6 is 0 Å². The van der Waals surface area contributed by atoms with Crippen molar-refractivity contribution >= 4 is 41.4 Å². The van der Waals surface area contributed by atoms with Gasteiger partial charge in [-0.25, -0.2) is 19.8 Å². The molecule has 78 heavy (non-hydrogen) atoms.